The van der Waals surface area contributed by atoms with Gasteiger partial charge in [-0.3, -0.25) is 9.59 Å². The number of anilines is 2. The fourth-order valence-corrected chi connectivity index (χ4v) is 4.10. The minimum atomic E-state index is -4.96. The van der Waals surface area contributed by atoms with Gasteiger partial charge in [-0.2, -0.15) is 0 Å². The van der Waals surface area contributed by atoms with Crippen molar-refractivity contribution in [1.82, 2.24) is 14.8 Å². The SMILES string of the molecule is CN1CCN(c2cc(F)c(C3=CCNCC3)cc2NC(=O)c2ccc(=O)n(C(F)(F)F)c2)CC1. The molecule has 1 saturated heterocycles. The van der Waals surface area contributed by atoms with Gasteiger partial charge in [-0.25, -0.2) is 8.96 Å². The fraction of sp³-hybridized carbons (Fsp3) is 0.391. The van der Waals surface area contributed by atoms with E-state index in [0.717, 1.165) is 24.7 Å². The maximum atomic E-state index is 15.2. The predicted molar refractivity (Wildman–Crippen MR) is 122 cm³/mol. The Hall–Kier alpha value is -3.18. The van der Waals surface area contributed by atoms with Gasteiger partial charge in [-0.1, -0.05) is 6.08 Å². The summed E-state index contributed by atoms with van der Waals surface area (Å²) in [5.74, 6) is -1.25. The van der Waals surface area contributed by atoms with Crippen molar-refractivity contribution < 1.29 is 22.4 Å². The van der Waals surface area contributed by atoms with E-state index >= 15 is 4.39 Å². The van der Waals surface area contributed by atoms with Crippen molar-refractivity contribution in [2.24, 2.45) is 0 Å². The van der Waals surface area contributed by atoms with E-state index < -0.39 is 28.2 Å². The van der Waals surface area contributed by atoms with Gasteiger partial charge < -0.3 is 20.4 Å². The highest BCUT2D eigenvalue weighted by Crippen LogP contribution is 2.34. The maximum absolute atomic E-state index is 15.2. The average Bonchev–Trinajstić information content (AvgIpc) is 2.80. The number of nitrogens with zero attached hydrogens (tertiary/aromatic N) is 3. The number of alkyl halides is 3. The third-order valence-electron chi connectivity index (χ3n) is 6.03. The molecule has 0 unspecified atom stereocenters. The number of pyridine rings is 1. The number of likely N-dealkylation sites (N-methyl/N-ethyl adjacent to an activating group) is 1. The van der Waals surface area contributed by atoms with E-state index in [9.17, 15) is 22.8 Å². The van der Waals surface area contributed by atoms with Crippen LogP contribution in [0.15, 0.2) is 41.3 Å². The Morgan fingerprint density at radius 2 is 1.85 bits per heavy atom. The first-order valence-electron chi connectivity index (χ1n) is 10.9. The lowest BCUT2D eigenvalue weighted by molar-refractivity contribution is -0.206. The molecule has 2 aromatic rings. The molecule has 7 nitrogen and oxygen atoms in total. The highest BCUT2D eigenvalue weighted by molar-refractivity contribution is 6.06. The molecule has 4 rings (SSSR count). The number of hydrogen-bond acceptors (Lipinski definition) is 5. The molecule has 0 atom stereocenters. The van der Waals surface area contributed by atoms with Gasteiger partial charge in [0.1, 0.15) is 5.82 Å². The number of halogens is 4. The van der Waals surface area contributed by atoms with Crippen LogP contribution in [0.5, 0.6) is 0 Å². The molecule has 0 radical (unpaired) electrons. The molecule has 2 aliphatic heterocycles. The van der Waals surface area contributed by atoms with Gasteiger partial charge in [0, 0.05) is 50.6 Å². The molecule has 1 amide bonds. The number of piperazine rings is 1. The molecule has 1 aromatic carbocycles. The number of carbonyl (C=O) groups excluding carboxylic acids is 1. The Bertz CT molecular complexity index is 1170. The third-order valence-corrected chi connectivity index (χ3v) is 6.03. The zero-order chi connectivity index (χ0) is 24.5. The molecule has 1 aromatic heterocycles. The van der Waals surface area contributed by atoms with Crippen LogP contribution in [0.2, 0.25) is 0 Å². The molecule has 0 bridgehead atoms. The van der Waals surface area contributed by atoms with Gasteiger partial charge in [0.05, 0.1) is 16.9 Å². The fourth-order valence-electron chi connectivity index (χ4n) is 4.10. The smallest absolute Gasteiger partial charge is 0.367 e. The van der Waals surface area contributed by atoms with E-state index in [4.69, 9.17) is 0 Å². The first-order chi connectivity index (χ1) is 16.1. The quantitative estimate of drug-likeness (QED) is 0.661. The van der Waals surface area contributed by atoms with Crippen molar-refractivity contribution >= 4 is 22.9 Å². The summed E-state index contributed by atoms with van der Waals surface area (Å²) in [4.78, 5) is 28.6. The predicted octanol–water partition coefficient (Wildman–Crippen LogP) is 2.84. The molecule has 2 aliphatic rings. The summed E-state index contributed by atoms with van der Waals surface area (Å²) >= 11 is 0. The monoisotopic (exact) mass is 479 g/mol. The van der Waals surface area contributed by atoms with Crippen LogP contribution in [0.3, 0.4) is 0 Å². The maximum Gasteiger partial charge on any atom is 0.491 e. The molecule has 2 N–H and O–H groups in total. The second-order valence-corrected chi connectivity index (χ2v) is 8.37. The van der Waals surface area contributed by atoms with E-state index in [1.54, 1.807) is 0 Å². The van der Waals surface area contributed by atoms with Crippen LogP contribution in [-0.2, 0) is 6.30 Å². The summed E-state index contributed by atoms with van der Waals surface area (Å²) in [6, 6.07) is 4.64. The van der Waals surface area contributed by atoms with Gasteiger partial charge in [0.15, 0.2) is 0 Å². The molecule has 11 heteroatoms. The van der Waals surface area contributed by atoms with Crippen LogP contribution < -0.4 is 21.1 Å². The summed E-state index contributed by atoms with van der Waals surface area (Å²) in [6.07, 6.45) is -2.01. The van der Waals surface area contributed by atoms with Gasteiger partial charge in [0.25, 0.3) is 11.5 Å². The van der Waals surface area contributed by atoms with Gasteiger partial charge in [-0.05, 0) is 43.8 Å². The number of nitrogens with one attached hydrogen (secondary N) is 2. The second kappa shape index (κ2) is 9.59. The Morgan fingerprint density at radius 1 is 1.12 bits per heavy atom. The van der Waals surface area contributed by atoms with Crippen molar-refractivity contribution in [3.63, 3.8) is 0 Å². The lowest BCUT2D eigenvalue weighted by Crippen LogP contribution is -2.44. The number of aromatic nitrogens is 1. The van der Waals surface area contributed by atoms with Gasteiger partial charge >= 0.3 is 6.30 Å². The van der Waals surface area contributed by atoms with Gasteiger partial charge in [0.2, 0.25) is 0 Å². The average molecular weight is 479 g/mol. The van der Waals surface area contributed by atoms with E-state index in [2.05, 4.69) is 15.5 Å². The molecule has 0 spiro atoms. The lowest BCUT2D eigenvalue weighted by Gasteiger charge is -2.35. The van der Waals surface area contributed by atoms with Crippen molar-refractivity contribution in [2.45, 2.75) is 12.7 Å². The Labute approximate surface area is 193 Å². The summed E-state index contributed by atoms with van der Waals surface area (Å²) in [5, 5.41) is 5.81. The highest BCUT2D eigenvalue weighted by atomic mass is 19.4. The standard InChI is InChI=1S/C23H25F4N5O2/c1-30-8-10-31(11-9-30)20-13-18(24)17(15-4-6-28-7-5-15)12-19(20)29-22(34)16-2-3-21(33)32(14-16)23(25,26)27/h2-4,12-14,28H,5-11H2,1H3,(H,29,34). The minimum absolute atomic E-state index is 0.301. The number of amides is 1. The first kappa shape index (κ1) is 24.0. The van der Waals surface area contributed by atoms with Crippen LogP contribution in [0.4, 0.5) is 28.9 Å². The van der Waals surface area contributed by atoms with Gasteiger partial charge in [-0.15, -0.1) is 13.2 Å². The van der Waals surface area contributed by atoms with Crippen molar-refractivity contribution in [3.05, 3.63) is 63.8 Å². The molecular weight excluding hydrogens is 454 g/mol. The molecule has 0 aliphatic carbocycles. The van der Waals surface area contributed by atoms with E-state index in [-0.39, 0.29) is 5.56 Å². The molecule has 3 heterocycles. The Morgan fingerprint density at radius 3 is 2.50 bits per heavy atom. The van der Waals surface area contributed by atoms with Crippen LogP contribution >= 0.6 is 0 Å². The lowest BCUT2D eigenvalue weighted by atomic mass is 9.98. The largest absolute Gasteiger partial charge is 0.491 e. The minimum Gasteiger partial charge on any atom is -0.367 e. The number of rotatable bonds is 4. The van der Waals surface area contributed by atoms with Crippen LogP contribution in [0.1, 0.15) is 22.3 Å². The summed E-state index contributed by atoms with van der Waals surface area (Å²) in [6.45, 7) is 3.96. The van der Waals surface area contributed by atoms with Crippen molar-refractivity contribution in [2.75, 3.05) is 56.5 Å². The molecule has 182 valence electrons. The van der Waals surface area contributed by atoms with E-state index in [0.29, 0.717) is 61.8 Å². The molecular formula is C23H25F4N5O2. The van der Waals surface area contributed by atoms with Crippen LogP contribution in [0, 0.1) is 5.82 Å². The summed E-state index contributed by atoms with van der Waals surface area (Å²) in [7, 11) is 1.98. The first-order valence-corrected chi connectivity index (χ1v) is 10.9. The number of carbonyl (C=O) groups is 1. The highest BCUT2D eigenvalue weighted by Gasteiger charge is 2.32. The molecule has 34 heavy (non-hydrogen) atoms. The Kier molecular flexibility index (Phi) is 6.76. The zero-order valence-electron chi connectivity index (χ0n) is 18.6. The molecule has 0 saturated carbocycles. The van der Waals surface area contributed by atoms with Crippen LogP contribution in [0.25, 0.3) is 5.57 Å². The van der Waals surface area contributed by atoms with E-state index in [1.807, 2.05) is 18.0 Å². The summed E-state index contributed by atoms with van der Waals surface area (Å²) in [5.41, 5.74) is 0.269. The topological polar surface area (TPSA) is 69.6 Å². The zero-order valence-corrected chi connectivity index (χ0v) is 18.6. The van der Waals surface area contributed by atoms with E-state index in [1.165, 1.54) is 12.1 Å². The number of hydrogen-bond donors (Lipinski definition) is 2. The summed E-state index contributed by atoms with van der Waals surface area (Å²) < 4.78 is 54.1. The normalized spacial score (nSPS) is 17.4. The second-order valence-electron chi connectivity index (χ2n) is 8.37. The molecule has 1 fully saturated rings. The van der Waals surface area contributed by atoms with Crippen LogP contribution in [-0.4, -0.2) is 61.7 Å². The van der Waals surface area contributed by atoms with Crippen molar-refractivity contribution in [3.8, 4) is 0 Å². The third kappa shape index (κ3) is 5.15. The Balaban J connectivity index is 1.72. The van der Waals surface area contributed by atoms with Crippen molar-refractivity contribution in [1.29, 1.82) is 0 Å². The number of benzene rings is 1.